The van der Waals surface area contributed by atoms with Crippen LogP contribution in [0.5, 0.6) is 0 Å². The molecule has 1 fully saturated rings. The van der Waals surface area contributed by atoms with Gasteiger partial charge in [0.1, 0.15) is 0 Å². The molecule has 2 N–H and O–H groups in total. The maximum absolute atomic E-state index is 10.00. The molecule has 17 heavy (non-hydrogen) atoms. The van der Waals surface area contributed by atoms with Crippen LogP contribution in [0.4, 0.5) is 5.69 Å². The summed E-state index contributed by atoms with van der Waals surface area (Å²) in [5.41, 5.74) is 1.65. The van der Waals surface area contributed by atoms with Crippen LogP contribution in [0.2, 0.25) is 0 Å². The minimum atomic E-state index is -0.256. The van der Waals surface area contributed by atoms with Crippen molar-refractivity contribution in [2.45, 2.75) is 44.2 Å². The van der Waals surface area contributed by atoms with E-state index in [1.54, 1.807) is 12.1 Å². The highest BCUT2D eigenvalue weighted by Gasteiger charge is 2.21. The largest absolute Gasteiger partial charge is 0.391 e. The molecule has 1 aromatic carbocycles. The van der Waals surface area contributed by atoms with E-state index in [2.05, 4.69) is 11.4 Å². The number of hydrogen-bond donors (Lipinski definition) is 2. The van der Waals surface area contributed by atoms with Crippen molar-refractivity contribution in [3.05, 3.63) is 29.8 Å². The van der Waals surface area contributed by atoms with E-state index >= 15 is 0 Å². The van der Waals surface area contributed by atoms with Gasteiger partial charge >= 0.3 is 0 Å². The van der Waals surface area contributed by atoms with Gasteiger partial charge in [0.25, 0.3) is 0 Å². The van der Waals surface area contributed by atoms with Crippen molar-refractivity contribution in [1.82, 2.24) is 0 Å². The zero-order valence-electron chi connectivity index (χ0n) is 9.89. The van der Waals surface area contributed by atoms with Crippen molar-refractivity contribution >= 4 is 5.69 Å². The number of nitriles is 1. The Balaban J connectivity index is 2.01. The Morgan fingerprint density at radius 2 is 1.82 bits per heavy atom. The molecule has 2 atom stereocenters. The fourth-order valence-electron chi connectivity index (χ4n) is 2.31. The van der Waals surface area contributed by atoms with Gasteiger partial charge in [-0.3, -0.25) is 0 Å². The second-order valence-electron chi connectivity index (χ2n) is 4.65. The Labute approximate surface area is 102 Å². The molecule has 1 aliphatic carbocycles. The maximum Gasteiger partial charge on any atom is 0.0991 e. The topological polar surface area (TPSA) is 56.0 Å². The lowest BCUT2D eigenvalue weighted by molar-refractivity contribution is 0.144. The Bertz CT molecular complexity index is 394. The van der Waals surface area contributed by atoms with E-state index in [0.717, 1.165) is 24.9 Å². The fourth-order valence-corrected chi connectivity index (χ4v) is 2.31. The summed E-state index contributed by atoms with van der Waals surface area (Å²) in [6.07, 6.45) is 5.14. The molecule has 0 spiro atoms. The van der Waals surface area contributed by atoms with E-state index in [4.69, 9.17) is 5.26 Å². The lowest BCUT2D eigenvalue weighted by atomic mass is 10.1. The van der Waals surface area contributed by atoms with Crippen LogP contribution in [0.15, 0.2) is 24.3 Å². The molecular formula is C14H18N2O. The smallest absolute Gasteiger partial charge is 0.0991 e. The molecule has 1 aromatic rings. The molecule has 2 rings (SSSR count). The van der Waals surface area contributed by atoms with Gasteiger partial charge in [0.2, 0.25) is 0 Å². The van der Waals surface area contributed by atoms with Gasteiger partial charge in [-0.15, -0.1) is 0 Å². The highest BCUT2D eigenvalue weighted by atomic mass is 16.3. The highest BCUT2D eigenvalue weighted by molar-refractivity contribution is 5.48. The minimum absolute atomic E-state index is 0.144. The second kappa shape index (κ2) is 5.70. The molecule has 3 nitrogen and oxygen atoms in total. The molecule has 0 amide bonds. The van der Waals surface area contributed by atoms with Crippen molar-refractivity contribution in [3.8, 4) is 6.07 Å². The number of aliphatic hydroxyl groups is 1. The molecular weight excluding hydrogens is 212 g/mol. The van der Waals surface area contributed by atoms with Crippen LogP contribution in [0.1, 0.15) is 37.7 Å². The molecule has 90 valence electrons. The van der Waals surface area contributed by atoms with Crippen LogP contribution in [-0.2, 0) is 0 Å². The van der Waals surface area contributed by atoms with E-state index < -0.39 is 0 Å². The summed E-state index contributed by atoms with van der Waals surface area (Å²) in [6.45, 7) is 0. The maximum atomic E-state index is 10.00. The Morgan fingerprint density at radius 1 is 1.12 bits per heavy atom. The molecule has 0 radical (unpaired) electrons. The fraction of sp³-hybridized carbons (Fsp3) is 0.500. The molecule has 2 unspecified atom stereocenters. The van der Waals surface area contributed by atoms with E-state index in [0.29, 0.717) is 5.56 Å². The summed E-state index contributed by atoms with van der Waals surface area (Å²) in [5.74, 6) is 0. The Kier molecular flexibility index (Phi) is 4.00. The first kappa shape index (κ1) is 11.9. The standard InChI is InChI=1S/C14H18N2O/c15-10-11-6-8-12(9-7-11)16-13-4-2-1-3-5-14(13)17/h6-9,13-14,16-17H,1-5H2. The lowest BCUT2D eigenvalue weighted by Crippen LogP contribution is -2.32. The zero-order valence-corrected chi connectivity index (χ0v) is 9.89. The van der Waals surface area contributed by atoms with E-state index in [9.17, 15) is 5.11 Å². The number of aliphatic hydroxyl groups excluding tert-OH is 1. The Hall–Kier alpha value is -1.53. The molecule has 3 heteroatoms. The van der Waals surface area contributed by atoms with Crippen molar-refractivity contribution in [2.75, 3.05) is 5.32 Å². The first-order valence-electron chi connectivity index (χ1n) is 6.24. The van der Waals surface area contributed by atoms with Gasteiger partial charge < -0.3 is 10.4 Å². The highest BCUT2D eigenvalue weighted by Crippen LogP contribution is 2.21. The SMILES string of the molecule is N#Cc1ccc(NC2CCCCCC2O)cc1. The molecule has 1 aliphatic rings. The third-order valence-corrected chi connectivity index (χ3v) is 3.35. The van der Waals surface area contributed by atoms with Crippen LogP contribution in [0.25, 0.3) is 0 Å². The van der Waals surface area contributed by atoms with Crippen LogP contribution in [0, 0.1) is 11.3 Å². The molecule has 0 bridgehead atoms. The lowest BCUT2D eigenvalue weighted by Gasteiger charge is -2.22. The zero-order chi connectivity index (χ0) is 12.1. The van der Waals surface area contributed by atoms with Gasteiger partial charge in [-0.05, 0) is 37.1 Å². The average Bonchev–Trinajstić information content (AvgIpc) is 2.56. The van der Waals surface area contributed by atoms with E-state index in [1.165, 1.54) is 12.8 Å². The molecule has 0 aromatic heterocycles. The molecule has 0 aliphatic heterocycles. The third kappa shape index (κ3) is 3.21. The predicted molar refractivity (Wildman–Crippen MR) is 67.7 cm³/mol. The quantitative estimate of drug-likeness (QED) is 0.768. The Morgan fingerprint density at radius 3 is 2.53 bits per heavy atom. The second-order valence-corrected chi connectivity index (χ2v) is 4.65. The molecule has 1 saturated carbocycles. The predicted octanol–water partition coefficient (Wildman–Crippen LogP) is 2.66. The number of anilines is 1. The third-order valence-electron chi connectivity index (χ3n) is 3.35. The number of rotatable bonds is 2. The van der Waals surface area contributed by atoms with Crippen LogP contribution in [-0.4, -0.2) is 17.3 Å². The van der Waals surface area contributed by atoms with Crippen molar-refractivity contribution in [1.29, 1.82) is 5.26 Å². The number of hydrogen-bond acceptors (Lipinski definition) is 3. The van der Waals surface area contributed by atoms with Crippen molar-refractivity contribution in [3.63, 3.8) is 0 Å². The number of benzene rings is 1. The monoisotopic (exact) mass is 230 g/mol. The van der Waals surface area contributed by atoms with Gasteiger partial charge in [-0.1, -0.05) is 19.3 Å². The summed E-state index contributed by atoms with van der Waals surface area (Å²) in [7, 11) is 0. The van der Waals surface area contributed by atoms with E-state index in [1.807, 2.05) is 12.1 Å². The molecule has 0 heterocycles. The summed E-state index contributed by atoms with van der Waals surface area (Å²) in [4.78, 5) is 0. The summed E-state index contributed by atoms with van der Waals surface area (Å²) < 4.78 is 0. The summed E-state index contributed by atoms with van der Waals surface area (Å²) in [5, 5.41) is 22.1. The first-order valence-corrected chi connectivity index (χ1v) is 6.24. The first-order chi connectivity index (χ1) is 8.29. The van der Waals surface area contributed by atoms with Crippen LogP contribution >= 0.6 is 0 Å². The van der Waals surface area contributed by atoms with Gasteiger partial charge in [0.15, 0.2) is 0 Å². The van der Waals surface area contributed by atoms with Gasteiger partial charge in [-0.25, -0.2) is 0 Å². The van der Waals surface area contributed by atoms with Crippen molar-refractivity contribution < 1.29 is 5.11 Å². The van der Waals surface area contributed by atoms with Gasteiger partial charge in [0.05, 0.1) is 23.8 Å². The van der Waals surface area contributed by atoms with Crippen LogP contribution in [0.3, 0.4) is 0 Å². The minimum Gasteiger partial charge on any atom is -0.391 e. The van der Waals surface area contributed by atoms with Gasteiger partial charge in [-0.2, -0.15) is 5.26 Å². The van der Waals surface area contributed by atoms with E-state index in [-0.39, 0.29) is 12.1 Å². The summed E-state index contributed by atoms with van der Waals surface area (Å²) >= 11 is 0. The number of nitrogens with zero attached hydrogens (tertiary/aromatic N) is 1. The van der Waals surface area contributed by atoms with Gasteiger partial charge in [0, 0.05) is 5.69 Å². The van der Waals surface area contributed by atoms with Crippen molar-refractivity contribution in [2.24, 2.45) is 0 Å². The normalized spacial score (nSPS) is 24.7. The summed E-state index contributed by atoms with van der Waals surface area (Å²) in [6, 6.07) is 9.64. The average molecular weight is 230 g/mol. The molecule has 0 saturated heterocycles. The number of nitrogens with one attached hydrogen (secondary N) is 1. The van der Waals surface area contributed by atoms with Crippen LogP contribution < -0.4 is 5.32 Å².